The summed E-state index contributed by atoms with van der Waals surface area (Å²) in [6.07, 6.45) is 2.41. The minimum absolute atomic E-state index is 0.0967. The van der Waals surface area contributed by atoms with Crippen molar-refractivity contribution in [2.75, 3.05) is 0 Å². The molecule has 0 aromatic carbocycles. The summed E-state index contributed by atoms with van der Waals surface area (Å²) < 4.78 is 0. The van der Waals surface area contributed by atoms with Gasteiger partial charge >= 0.3 is 0 Å². The van der Waals surface area contributed by atoms with E-state index in [0.29, 0.717) is 11.7 Å². The summed E-state index contributed by atoms with van der Waals surface area (Å²) in [6, 6.07) is 1.66. The Morgan fingerprint density at radius 1 is 1.45 bits per heavy atom. The molecule has 0 atom stereocenters. The van der Waals surface area contributed by atoms with Gasteiger partial charge in [0, 0.05) is 12.0 Å². The van der Waals surface area contributed by atoms with E-state index in [1.165, 1.54) is 12.8 Å². The van der Waals surface area contributed by atoms with Crippen molar-refractivity contribution in [1.82, 2.24) is 9.97 Å². The Labute approximate surface area is 65.1 Å². The molecular formula is C8H10N2O. The predicted octanol–water partition coefficient (Wildman–Crippen LogP) is 1.37. The first-order chi connectivity index (χ1) is 5.25. The molecule has 3 nitrogen and oxygen atoms in total. The van der Waals surface area contributed by atoms with E-state index in [2.05, 4.69) is 9.97 Å². The second-order valence-corrected chi connectivity index (χ2v) is 2.97. The first-order valence-electron chi connectivity index (χ1n) is 3.80. The largest absolute Gasteiger partial charge is 0.493 e. The van der Waals surface area contributed by atoms with Gasteiger partial charge in [-0.3, -0.25) is 0 Å². The number of hydrogen-bond acceptors (Lipinski definition) is 3. The smallest absolute Gasteiger partial charge is 0.214 e. The van der Waals surface area contributed by atoms with Crippen molar-refractivity contribution in [3.8, 4) is 5.88 Å². The molecule has 1 heterocycles. The molecule has 3 heteroatoms. The average molecular weight is 150 g/mol. The van der Waals surface area contributed by atoms with Crippen molar-refractivity contribution in [2.24, 2.45) is 0 Å². The van der Waals surface area contributed by atoms with Crippen LogP contribution in [0.2, 0.25) is 0 Å². The molecule has 58 valence electrons. The fourth-order valence-electron chi connectivity index (χ4n) is 1.16. The summed E-state index contributed by atoms with van der Waals surface area (Å²) >= 11 is 0. The highest BCUT2D eigenvalue weighted by Gasteiger charge is 2.25. The topological polar surface area (TPSA) is 46.0 Å². The Bertz CT molecular complexity index is 261. The normalized spacial score (nSPS) is 16.8. The van der Waals surface area contributed by atoms with Gasteiger partial charge in [0.05, 0.1) is 5.69 Å². The zero-order valence-electron chi connectivity index (χ0n) is 6.41. The summed E-state index contributed by atoms with van der Waals surface area (Å²) in [7, 11) is 0. The van der Waals surface area contributed by atoms with Crippen LogP contribution in [0, 0.1) is 6.92 Å². The van der Waals surface area contributed by atoms with Crippen LogP contribution in [0.5, 0.6) is 5.88 Å². The summed E-state index contributed by atoms with van der Waals surface area (Å²) in [5.41, 5.74) is 0.995. The van der Waals surface area contributed by atoms with E-state index in [4.69, 9.17) is 5.11 Å². The zero-order chi connectivity index (χ0) is 7.84. The van der Waals surface area contributed by atoms with Crippen molar-refractivity contribution in [3.63, 3.8) is 0 Å². The van der Waals surface area contributed by atoms with Crippen LogP contribution in [-0.2, 0) is 0 Å². The maximum Gasteiger partial charge on any atom is 0.214 e. The maximum atomic E-state index is 9.12. The highest BCUT2D eigenvalue weighted by Crippen LogP contribution is 2.39. The van der Waals surface area contributed by atoms with Gasteiger partial charge < -0.3 is 5.11 Å². The summed E-state index contributed by atoms with van der Waals surface area (Å²) in [4.78, 5) is 8.01. The molecule has 0 unspecified atom stereocenters. The van der Waals surface area contributed by atoms with E-state index in [-0.39, 0.29) is 5.88 Å². The molecule has 1 aromatic heterocycles. The number of aryl methyl sites for hydroxylation is 1. The van der Waals surface area contributed by atoms with Crippen molar-refractivity contribution < 1.29 is 5.11 Å². The third-order valence-electron chi connectivity index (χ3n) is 1.84. The van der Waals surface area contributed by atoms with Gasteiger partial charge in [-0.25, -0.2) is 4.98 Å². The molecule has 1 aromatic rings. The van der Waals surface area contributed by atoms with Crippen LogP contribution in [0.4, 0.5) is 0 Å². The molecular weight excluding hydrogens is 140 g/mol. The van der Waals surface area contributed by atoms with Crippen LogP contribution in [0.25, 0.3) is 0 Å². The minimum Gasteiger partial charge on any atom is -0.493 e. The lowest BCUT2D eigenvalue weighted by molar-refractivity contribution is 0.448. The Kier molecular flexibility index (Phi) is 1.31. The first-order valence-corrected chi connectivity index (χ1v) is 3.80. The molecule has 11 heavy (non-hydrogen) atoms. The number of rotatable bonds is 1. The van der Waals surface area contributed by atoms with Crippen LogP contribution >= 0.6 is 0 Å². The van der Waals surface area contributed by atoms with Crippen LogP contribution in [0.3, 0.4) is 0 Å². The van der Waals surface area contributed by atoms with Crippen molar-refractivity contribution in [1.29, 1.82) is 0 Å². The van der Waals surface area contributed by atoms with Crippen LogP contribution in [0.15, 0.2) is 6.07 Å². The van der Waals surface area contributed by atoms with Crippen molar-refractivity contribution >= 4 is 0 Å². The fourth-order valence-corrected chi connectivity index (χ4v) is 1.16. The number of aromatic hydroxyl groups is 1. The molecule has 0 radical (unpaired) electrons. The molecule has 1 aliphatic carbocycles. The van der Waals surface area contributed by atoms with Gasteiger partial charge in [-0.05, 0) is 19.8 Å². The number of nitrogens with zero attached hydrogens (tertiary/aromatic N) is 2. The van der Waals surface area contributed by atoms with Gasteiger partial charge in [-0.1, -0.05) is 0 Å². The molecule has 1 aliphatic rings. The first kappa shape index (κ1) is 6.58. The lowest BCUT2D eigenvalue weighted by atomic mass is 10.3. The van der Waals surface area contributed by atoms with Gasteiger partial charge in [0.15, 0.2) is 0 Å². The third kappa shape index (κ3) is 1.31. The lowest BCUT2D eigenvalue weighted by Gasteiger charge is -1.98. The minimum atomic E-state index is 0.0967. The Balaban J connectivity index is 2.39. The van der Waals surface area contributed by atoms with E-state index in [9.17, 15) is 0 Å². The average Bonchev–Trinajstić information content (AvgIpc) is 2.64. The van der Waals surface area contributed by atoms with E-state index >= 15 is 0 Å². The molecule has 0 saturated heterocycles. The zero-order valence-corrected chi connectivity index (χ0v) is 6.41. The maximum absolute atomic E-state index is 9.12. The van der Waals surface area contributed by atoms with Crippen LogP contribution < -0.4 is 0 Å². The van der Waals surface area contributed by atoms with E-state index in [1.54, 1.807) is 13.0 Å². The lowest BCUT2D eigenvalue weighted by Crippen LogP contribution is -1.92. The monoisotopic (exact) mass is 150 g/mol. The molecule has 1 N–H and O–H groups in total. The van der Waals surface area contributed by atoms with E-state index in [1.807, 2.05) is 0 Å². The number of hydrogen-bond donors (Lipinski definition) is 1. The summed E-state index contributed by atoms with van der Waals surface area (Å²) in [5, 5.41) is 9.12. The Hall–Kier alpha value is -1.12. The van der Waals surface area contributed by atoms with Crippen LogP contribution in [0.1, 0.15) is 30.3 Å². The molecule has 0 amide bonds. The van der Waals surface area contributed by atoms with Crippen molar-refractivity contribution in [2.45, 2.75) is 25.7 Å². The van der Waals surface area contributed by atoms with Gasteiger partial charge in [-0.15, -0.1) is 0 Å². The molecule has 2 rings (SSSR count). The molecule has 1 saturated carbocycles. The SMILES string of the molecule is Cc1nc(O)cc(C2CC2)n1. The highest BCUT2D eigenvalue weighted by molar-refractivity contribution is 5.21. The standard InChI is InChI=1S/C8H10N2O/c1-5-9-7(6-2-3-6)4-8(11)10-5/h4,6H,2-3H2,1H3,(H,9,10,11). The fraction of sp³-hybridized carbons (Fsp3) is 0.500. The molecule has 0 aliphatic heterocycles. The summed E-state index contributed by atoms with van der Waals surface area (Å²) in [6.45, 7) is 1.80. The highest BCUT2D eigenvalue weighted by atomic mass is 16.3. The van der Waals surface area contributed by atoms with Gasteiger partial charge in [0.25, 0.3) is 0 Å². The molecule has 1 fully saturated rings. The van der Waals surface area contributed by atoms with Gasteiger partial charge in [0.2, 0.25) is 5.88 Å². The van der Waals surface area contributed by atoms with Crippen molar-refractivity contribution in [3.05, 3.63) is 17.6 Å². The Morgan fingerprint density at radius 3 is 2.73 bits per heavy atom. The second-order valence-electron chi connectivity index (χ2n) is 2.97. The third-order valence-corrected chi connectivity index (χ3v) is 1.84. The Morgan fingerprint density at radius 2 is 2.18 bits per heavy atom. The number of aromatic nitrogens is 2. The predicted molar refractivity (Wildman–Crippen MR) is 40.4 cm³/mol. The quantitative estimate of drug-likeness (QED) is 0.657. The van der Waals surface area contributed by atoms with Gasteiger partial charge in [0.1, 0.15) is 5.82 Å². The van der Waals surface area contributed by atoms with E-state index < -0.39 is 0 Å². The molecule has 0 bridgehead atoms. The second kappa shape index (κ2) is 2.19. The van der Waals surface area contributed by atoms with Crippen LogP contribution in [-0.4, -0.2) is 15.1 Å². The van der Waals surface area contributed by atoms with E-state index in [0.717, 1.165) is 5.69 Å². The van der Waals surface area contributed by atoms with Gasteiger partial charge in [-0.2, -0.15) is 4.98 Å². The molecule has 0 spiro atoms. The summed E-state index contributed by atoms with van der Waals surface area (Å²) in [5.74, 6) is 1.34.